The highest BCUT2D eigenvalue weighted by Crippen LogP contribution is 2.62. The number of carbonyl (C=O) groups excluding carboxylic acids is 2. The van der Waals surface area contributed by atoms with Crippen LogP contribution in [0.15, 0.2) is 200 Å². The first-order valence-corrected chi connectivity index (χ1v) is 58.9. The molecule has 16 rings (SSSR count). The minimum atomic E-state index is -0.357. The number of carbonyl (C=O) groups is 2. The lowest BCUT2D eigenvalue weighted by atomic mass is 9.69. The van der Waals surface area contributed by atoms with Crippen molar-refractivity contribution in [2.45, 2.75) is 373 Å². The molecule has 790 valence electrons. The van der Waals surface area contributed by atoms with Crippen LogP contribution < -0.4 is 0 Å². The van der Waals surface area contributed by atoms with Gasteiger partial charge in [0.25, 0.3) is 0 Å². The number of esters is 1. The fraction of sp³-hybridized carbons (Fsp3) is 0.511. The SMILES string of the molecule is CCCCCCCCC1(CCCCCCCC)c2cc(C)ccc2-c2ccc(-c3ccc4c(c3)C(CCCCCCCC)(CCCCCCCC)c3cc(-c5ccc6c(c5)C(CCCCCCCC)(CCCCCCCC)c5cc(-c7ccc8c(c7)C(CCOCCOCCOC)(CCOCCOCCOC)c7cc(C)ccc7-8)ccc5-6)ccc3-4)cc21.COC(=O)c1cc(-c2ccc3c(c2)C(=O)c2cc(C)ccc2-3)ccc1C. The molecule has 0 heterocycles. The first-order chi connectivity index (χ1) is 72.5. The molecule has 5 aliphatic rings. The van der Waals surface area contributed by atoms with Crippen LogP contribution in [0, 0.1) is 27.7 Å². The topological polar surface area (TPSA) is 98.8 Å². The summed E-state index contributed by atoms with van der Waals surface area (Å²) in [6, 6.07) is 79.1. The van der Waals surface area contributed by atoms with Crippen molar-refractivity contribution in [3.05, 3.63) is 284 Å². The van der Waals surface area contributed by atoms with E-state index in [1.54, 1.807) is 47.6 Å². The van der Waals surface area contributed by atoms with Gasteiger partial charge in [0.2, 0.25) is 0 Å². The maximum Gasteiger partial charge on any atom is 0.338 e. The summed E-state index contributed by atoms with van der Waals surface area (Å²) in [5.74, 6) is -0.301. The van der Waals surface area contributed by atoms with Crippen LogP contribution in [-0.4, -0.2) is 99.2 Å². The molecule has 0 fully saturated rings. The van der Waals surface area contributed by atoms with Crippen molar-refractivity contribution in [1.82, 2.24) is 0 Å². The van der Waals surface area contributed by atoms with Crippen LogP contribution in [0.1, 0.15) is 417 Å². The zero-order valence-corrected chi connectivity index (χ0v) is 93.4. The molecule has 0 bridgehead atoms. The summed E-state index contributed by atoms with van der Waals surface area (Å²) in [5, 5.41) is 0. The first-order valence-electron chi connectivity index (χ1n) is 58.9. The number of aryl methyl sites for hydroxylation is 4. The van der Waals surface area contributed by atoms with E-state index < -0.39 is 0 Å². The van der Waals surface area contributed by atoms with Crippen molar-refractivity contribution in [3.8, 4) is 100 Å². The third-order valence-corrected chi connectivity index (χ3v) is 34.4. The molecule has 0 saturated heterocycles. The fourth-order valence-electron chi connectivity index (χ4n) is 26.1. The Hall–Kier alpha value is -9.68. The van der Waals surface area contributed by atoms with Crippen molar-refractivity contribution in [2.24, 2.45) is 0 Å². The predicted molar refractivity (Wildman–Crippen MR) is 623 cm³/mol. The summed E-state index contributed by atoms with van der Waals surface area (Å²) in [6.45, 7) is 28.3. The highest BCUT2D eigenvalue weighted by molar-refractivity contribution is 6.22. The normalized spacial score (nSPS) is 14.0. The summed E-state index contributed by atoms with van der Waals surface area (Å²) >= 11 is 0. The van der Waals surface area contributed by atoms with Crippen molar-refractivity contribution in [1.29, 1.82) is 0 Å². The quantitative estimate of drug-likeness (QED) is 0.0273. The van der Waals surface area contributed by atoms with E-state index in [9.17, 15) is 9.59 Å². The van der Waals surface area contributed by atoms with Crippen LogP contribution in [0.4, 0.5) is 0 Å². The molecule has 0 aromatic heterocycles. The van der Waals surface area contributed by atoms with Gasteiger partial charge in [-0.05, 0) is 284 Å². The average Bonchev–Trinajstić information content (AvgIpc) is 1.56. The second-order valence-electron chi connectivity index (χ2n) is 44.7. The summed E-state index contributed by atoms with van der Waals surface area (Å²) in [4.78, 5) is 24.8. The number of unbranched alkanes of at least 4 members (excludes halogenated alkanes) is 30. The number of benzene rings is 11. The monoisotopic (exact) mass is 1990 g/mol. The Bertz CT molecular complexity index is 5980. The van der Waals surface area contributed by atoms with Crippen molar-refractivity contribution < 1.29 is 42.7 Å². The Morgan fingerprint density at radius 3 is 0.716 bits per heavy atom. The van der Waals surface area contributed by atoms with Gasteiger partial charge < -0.3 is 33.2 Å². The largest absolute Gasteiger partial charge is 0.465 e. The molecule has 0 saturated carbocycles. The van der Waals surface area contributed by atoms with Gasteiger partial charge in [0.05, 0.1) is 65.5 Å². The van der Waals surface area contributed by atoms with E-state index in [1.807, 2.05) is 68.4 Å². The maximum atomic E-state index is 12.8. The molecule has 0 aliphatic heterocycles. The minimum absolute atomic E-state index is 0.0249. The number of ether oxygens (including phenoxy) is 7. The zero-order valence-electron chi connectivity index (χ0n) is 93.4. The number of rotatable bonds is 65. The third kappa shape index (κ3) is 26.4. The van der Waals surface area contributed by atoms with Crippen molar-refractivity contribution >= 4 is 11.8 Å². The number of ketones is 1. The predicted octanol–water partition coefficient (Wildman–Crippen LogP) is 38.0. The third-order valence-electron chi connectivity index (χ3n) is 34.4. The molecule has 0 unspecified atom stereocenters. The molecular formula is C139H180O9. The standard InChI is InChI=1S/C116H162O6.C23H18O3/c1-11-17-23-29-35-41-63-113(64-42-36-30-24-18-12-2)105-81-89(7)47-55-97(105)99-57-49-91(83-107(99)113)92-51-59-101-102-60-52-93(85-109(102)114(108(101)84-92,65-43-37-31-25-19-13-3)66-44-38-32-26-20-14-4)94-53-61-103-104-62-54-95(87-111(104)115(110(103)86-94,67-45-39-33-27-21-15-5)68-46-40-34-28-22-16-6)96-50-58-100-98-56-48-90(8)82-106(98)116(112(100)88-96,69-71-119-77-79-121-75-73-117-9)70-72-120-78-80-122-76-74-118-10;1-13-4-8-17-18-9-7-16(12-21(18)22(24)20(17)10-13)15-6-5-14(2)19(11-15)23(25)26-3/h47-62,81-88H,11-46,63-80H2,1-10H3;4-12H,1-3H3. The van der Waals surface area contributed by atoms with Gasteiger partial charge in [-0.2, -0.15) is 0 Å². The van der Waals surface area contributed by atoms with E-state index in [0.717, 1.165) is 64.6 Å². The molecule has 5 aliphatic carbocycles. The van der Waals surface area contributed by atoms with Gasteiger partial charge in [-0.3, -0.25) is 4.79 Å². The average molecular weight is 1990 g/mol. The van der Waals surface area contributed by atoms with Crippen molar-refractivity contribution in [2.75, 3.05) is 87.4 Å². The van der Waals surface area contributed by atoms with E-state index in [0.29, 0.717) is 77.2 Å². The van der Waals surface area contributed by atoms with E-state index in [1.165, 1.54) is 364 Å². The first kappa shape index (κ1) is 112. The van der Waals surface area contributed by atoms with Gasteiger partial charge in [-0.1, -0.05) is 435 Å². The van der Waals surface area contributed by atoms with Gasteiger partial charge in [0.1, 0.15) is 0 Å². The Labute approximate surface area is 893 Å². The molecule has 11 aromatic rings. The molecule has 0 atom stereocenters. The molecule has 11 aromatic carbocycles. The highest BCUT2D eigenvalue weighted by atomic mass is 16.5. The molecular weight excluding hydrogens is 1810 g/mol. The fourth-order valence-corrected chi connectivity index (χ4v) is 26.1. The second kappa shape index (κ2) is 56.1. The lowest BCUT2D eigenvalue weighted by molar-refractivity contribution is 0.0145. The lowest BCUT2D eigenvalue weighted by Crippen LogP contribution is -2.30. The minimum Gasteiger partial charge on any atom is -0.465 e. The number of fused-ring (bicyclic) bond motifs is 15. The molecule has 148 heavy (non-hydrogen) atoms. The van der Waals surface area contributed by atoms with Crippen LogP contribution in [-0.2, 0) is 54.8 Å². The second-order valence-corrected chi connectivity index (χ2v) is 44.7. The number of hydrogen-bond acceptors (Lipinski definition) is 9. The highest BCUT2D eigenvalue weighted by Gasteiger charge is 2.49. The van der Waals surface area contributed by atoms with Crippen LogP contribution >= 0.6 is 0 Å². The summed E-state index contributed by atoms with van der Waals surface area (Å²) in [7, 11) is 4.82. The molecule has 0 N–H and O–H groups in total. The summed E-state index contributed by atoms with van der Waals surface area (Å²) < 4.78 is 40.4. The number of hydrogen-bond donors (Lipinski definition) is 0. The van der Waals surface area contributed by atoms with Crippen LogP contribution in [0.2, 0.25) is 0 Å². The van der Waals surface area contributed by atoms with Gasteiger partial charge in [-0.15, -0.1) is 0 Å². The van der Waals surface area contributed by atoms with Gasteiger partial charge in [-0.25, -0.2) is 4.79 Å². The number of methoxy groups -OCH3 is 3. The van der Waals surface area contributed by atoms with E-state index >= 15 is 0 Å². The summed E-state index contributed by atoms with van der Waals surface area (Å²) in [5.41, 5.74) is 41.9. The van der Waals surface area contributed by atoms with Crippen molar-refractivity contribution in [3.63, 3.8) is 0 Å². The molecule has 0 radical (unpaired) electrons. The molecule has 9 nitrogen and oxygen atoms in total. The van der Waals surface area contributed by atoms with E-state index in [2.05, 4.69) is 201 Å². The van der Waals surface area contributed by atoms with Gasteiger partial charge in [0.15, 0.2) is 5.78 Å². The van der Waals surface area contributed by atoms with E-state index in [4.69, 9.17) is 33.2 Å². The Kier molecular flexibility index (Phi) is 42.6. The molecule has 0 spiro atoms. The lowest BCUT2D eigenvalue weighted by Gasteiger charge is -2.34. The van der Waals surface area contributed by atoms with Gasteiger partial charge in [0, 0.05) is 60.2 Å². The Balaban J connectivity index is 0.000000542. The smallest absolute Gasteiger partial charge is 0.338 e. The van der Waals surface area contributed by atoms with Crippen LogP contribution in [0.3, 0.4) is 0 Å². The maximum absolute atomic E-state index is 12.8. The van der Waals surface area contributed by atoms with Gasteiger partial charge >= 0.3 is 5.97 Å². The zero-order chi connectivity index (χ0) is 104. The Morgan fingerprint density at radius 1 is 0.209 bits per heavy atom. The molecule has 9 heteroatoms. The van der Waals surface area contributed by atoms with E-state index in [-0.39, 0.29) is 33.4 Å². The Morgan fingerprint density at radius 2 is 0.426 bits per heavy atom. The summed E-state index contributed by atoms with van der Waals surface area (Å²) in [6.07, 6.45) is 55.9. The van der Waals surface area contributed by atoms with Crippen LogP contribution in [0.25, 0.3) is 100 Å². The van der Waals surface area contributed by atoms with Crippen LogP contribution in [0.5, 0.6) is 0 Å². The molecule has 0 amide bonds.